The number of hydrogen-bond donors (Lipinski definition) is 2. The molecule has 3 atom stereocenters. The van der Waals surface area contributed by atoms with Crippen molar-refractivity contribution in [3.8, 4) is 5.75 Å². The van der Waals surface area contributed by atoms with Crippen LogP contribution in [0.2, 0.25) is 0 Å². The Kier molecular flexibility index (Phi) is 6.32. The van der Waals surface area contributed by atoms with Gasteiger partial charge in [-0.3, -0.25) is 0 Å². The van der Waals surface area contributed by atoms with Crippen LogP contribution in [0.15, 0.2) is 24.3 Å². The molecular weight excluding hydrogens is 240 g/mol. The second-order valence-corrected chi connectivity index (χ2v) is 5.38. The van der Waals surface area contributed by atoms with Gasteiger partial charge < -0.3 is 14.9 Å². The lowest BCUT2D eigenvalue weighted by molar-refractivity contribution is 0.0215. The van der Waals surface area contributed by atoms with Gasteiger partial charge in [0.15, 0.2) is 0 Å². The van der Waals surface area contributed by atoms with E-state index in [0.717, 1.165) is 12.2 Å². The van der Waals surface area contributed by atoms with Gasteiger partial charge in [-0.15, -0.1) is 0 Å². The molecule has 0 bridgehead atoms. The number of hydrogen-bond acceptors (Lipinski definition) is 3. The minimum Gasteiger partial charge on any atom is -0.491 e. The number of aliphatic hydroxyl groups is 2. The summed E-state index contributed by atoms with van der Waals surface area (Å²) in [5.41, 5.74) is 1.18. The summed E-state index contributed by atoms with van der Waals surface area (Å²) in [5.74, 6) is 1.13. The highest BCUT2D eigenvalue weighted by atomic mass is 16.5. The maximum atomic E-state index is 9.79. The average molecular weight is 266 g/mol. The quantitative estimate of drug-likeness (QED) is 0.797. The molecular formula is C16H26O3. The third-order valence-electron chi connectivity index (χ3n) is 3.30. The molecule has 3 unspecified atom stereocenters. The molecule has 0 aliphatic rings. The predicted molar refractivity (Wildman–Crippen MR) is 77.5 cm³/mol. The summed E-state index contributed by atoms with van der Waals surface area (Å²) in [6.07, 6.45) is 0.339. The normalized spacial score (nSPS) is 16.2. The maximum absolute atomic E-state index is 9.79. The molecule has 3 heteroatoms. The highest BCUT2D eigenvalue weighted by Crippen LogP contribution is 2.27. The molecule has 1 aromatic carbocycles. The van der Waals surface area contributed by atoms with Crippen LogP contribution < -0.4 is 4.74 Å². The average Bonchev–Trinajstić information content (AvgIpc) is 2.36. The molecule has 19 heavy (non-hydrogen) atoms. The van der Waals surface area contributed by atoms with Crippen LogP contribution >= 0.6 is 0 Å². The maximum Gasteiger partial charge on any atom is 0.119 e. The minimum atomic E-state index is -0.683. The summed E-state index contributed by atoms with van der Waals surface area (Å²) in [6, 6.07) is 8.01. The Morgan fingerprint density at radius 3 is 2.05 bits per heavy atom. The van der Waals surface area contributed by atoms with Gasteiger partial charge in [0.1, 0.15) is 5.75 Å². The first kappa shape index (κ1) is 16.0. The van der Waals surface area contributed by atoms with Crippen LogP contribution in [-0.4, -0.2) is 28.5 Å². The van der Waals surface area contributed by atoms with Gasteiger partial charge in [-0.2, -0.15) is 0 Å². The second kappa shape index (κ2) is 7.51. The van der Waals surface area contributed by atoms with Crippen molar-refractivity contribution >= 4 is 0 Å². The molecule has 0 amide bonds. The van der Waals surface area contributed by atoms with Gasteiger partial charge in [-0.05, 0) is 57.2 Å². The fourth-order valence-corrected chi connectivity index (χ4v) is 2.12. The number of ether oxygens (including phenoxy) is 1. The topological polar surface area (TPSA) is 49.7 Å². The van der Waals surface area contributed by atoms with Crippen molar-refractivity contribution < 1.29 is 14.9 Å². The van der Waals surface area contributed by atoms with E-state index in [1.54, 1.807) is 6.92 Å². The zero-order valence-electron chi connectivity index (χ0n) is 12.3. The molecule has 0 spiro atoms. The first-order chi connectivity index (χ1) is 8.93. The third kappa shape index (κ3) is 5.21. The Hall–Kier alpha value is -1.06. The molecule has 0 aromatic heterocycles. The summed E-state index contributed by atoms with van der Waals surface area (Å²) >= 11 is 0. The van der Waals surface area contributed by atoms with Crippen LogP contribution in [0, 0.1) is 0 Å². The van der Waals surface area contributed by atoms with Crippen LogP contribution in [-0.2, 0) is 0 Å². The van der Waals surface area contributed by atoms with Crippen LogP contribution in [0.3, 0.4) is 0 Å². The van der Waals surface area contributed by atoms with E-state index in [1.807, 2.05) is 38.1 Å². The molecule has 0 heterocycles. The first-order valence-electron chi connectivity index (χ1n) is 7.06. The lowest BCUT2D eigenvalue weighted by atomic mass is 9.89. The molecule has 0 saturated carbocycles. The van der Waals surface area contributed by atoms with E-state index >= 15 is 0 Å². The van der Waals surface area contributed by atoms with Crippen molar-refractivity contribution in [3.63, 3.8) is 0 Å². The molecule has 1 rings (SSSR count). The van der Waals surface area contributed by atoms with Crippen molar-refractivity contribution in [1.82, 2.24) is 0 Å². The largest absolute Gasteiger partial charge is 0.491 e. The van der Waals surface area contributed by atoms with Gasteiger partial charge >= 0.3 is 0 Å². The van der Waals surface area contributed by atoms with E-state index in [4.69, 9.17) is 4.74 Å². The van der Waals surface area contributed by atoms with Crippen molar-refractivity contribution in [2.24, 2.45) is 0 Å². The van der Waals surface area contributed by atoms with Crippen LogP contribution in [0.4, 0.5) is 0 Å². The van der Waals surface area contributed by atoms with Crippen molar-refractivity contribution in [3.05, 3.63) is 29.8 Å². The van der Waals surface area contributed by atoms with Crippen molar-refractivity contribution in [1.29, 1.82) is 0 Å². The van der Waals surface area contributed by atoms with Gasteiger partial charge in [0.2, 0.25) is 0 Å². The zero-order chi connectivity index (χ0) is 14.4. The minimum absolute atomic E-state index is 0.171. The molecule has 2 N–H and O–H groups in total. The predicted octanol–water partition coefficient (Wildman–Crippen LogP) is 3.10. The lowest BCUT2D eigenvalue weighted by Gasteiger charge is -2.21. The van der Waals surface area contributed by atoms with E-state index in [9.17, 15) is 10.2 Å². The highest BCUT2D eigenvalue weighted by Gasteiger charge is 2.18. The molecule has 0 fully saturated rings. The third-order valence-corrected chi connectivity index (χ3v) is 3.30. The number of aliphatic hydroxyl groups excluding tert-OH is 2. The van der Waals surface area contributed by atoms with Gasteiger partial charge in [-0.25, -0.2) is 0 Å². The summed E-state index contributed by atoms with van der Waals surface area (Å²) < 4.78 is 5.61. The standard InChI is InChI=1S/C16H26O3/c1-5-13(10-16(18)12(4)17)14-6-8-15(9-7-14)19-11(2)3/h6-9,11-13,16-18H,5,10H2,1-4H3. The van der Waals surface area contributed by atoms with Crippen molar-refractivity contribution in [2.75, 3.05) is 0 Å². The Morgan fingerprint density at radius 1 is 1.05 bits per heavy atom. The first-order valence-corrected chi connectivity index (χ1v) is 7.06. The highest BCUT2D eigenvalue weighted by molar-refractivity contribution is 5.29. The van der Waals surface area contributed by atoms with Gasteiger partial charge in [0.25, 0.3) is 0 Å². The smallest absolute Gasteiger partial charge is 0.119 e. The molecule has 0 aliphatic heterocycles. The summed E-state index contributed by atoms with van der Waals surface area (Å²) in [4.78, 5) is 0. The van der Waals surface area contributed by atoms with Crippen LogP contribution in [0.5, 0.6) is 5.75 Å². The number of rotatable bonds is 7. The van der Waals surface area contributed by atoms with Crippen molar-refractivity contribution in [2.45, 2.75) is 64.8 Å². The van der Waals surface area contributed by atoms with Gasteiger partial charge in [0.05, 0.1) is 18.3 Å². The Balaban J connectivity index is 2.71. The fourth-order valence-electron chi connectivity index (χ4n) is 2.12. The van der Waals surface area contributed by atoms with Gasteiger partial charge in [-0.1, -0.05) is 19.1 Å². The Morgan fingerprint density at radius 2 is 1.63 bits per heavy atom. The molecule has 0 radical (unpaired) electrons. The second-order valence-electron chi connectivity index (χ2n) is 5.38. The molecule has 1 aromatic rings. The SMILES string of the molecule is CCC(CC(O)C(C)O)c1ccc(OC(C)C)cc1. The molecule has 0 saturated heterocycles. The fraction of sp³-hybridized carbons (Fsp3) is 0.625. The van der Waals surface area contributed by atoms with Gasteiger partial charge in [0, 0.05) is 0 Å². The lowest BCUT2D eigenvalue weighted by Crippen LogP contribution is -2.24. The number of benzene rings is 1. The zero-order valence-corrected chi connectivity index (χ0v) is 12.3. The molecule has 108 valence electrons. The van der Waals surface area contributed by atoms with E-state index in [-0.39, 0.29) is 12.0 Å². The van der Waals surface area contributed by atoms with E-state index in [0.29, 0.717) is 6.42 Å². The van der Waals surface area contributed by atoms with Crippen LogP contribution in [0.25, 0.3) is 0 Å². The molecule has 0 aliphatic carbocycles. The molecule has 3 nitrogen and oxygen atoms in total. The van der Waals surface area contributed by atoms with E-state index in [1.165, 1.54) is 5.56 Å². The summed E-state index contributed by atoms with van der Waals surface area (Å²) in [5, 5.41) is 19.2. The van der Waals surface area contributed by atoms with E-state index in [2.05, 4.69) is 6.92 Å². The summed E-state index contributed by atoms with van der Waals surface area (Å²) in [6.45, 7) is 7.72. The Labute approximate surface area is 116 Å². The van der Waals surface area contributed by atoms with E-state index < -0.39 is 12.2 Å². The monoisotopic (exact) mass is 266 g/mol. The van der Waals surface area contributed by atoms with Crippen LogP contribution in [0.1, 0.15) is 52.0 Å². The Bertz CT molecular complexity index is 357. The summed E-state index contributed by atoms with van der Waals surface area (Å²) in [7, 11) is 0.